The standard InChI is InChI=1S/C10H14BrFN2/c1-7-5-10(14-4-2-3-12)8(11)6-9(7)13/h5-6,14H,2-4,13H2,1H3. The number of nitrogen functional groups attached to an aromatic ring is 1. The average molecular weight is 261 g/mol. The first-order valence-corrected chi connectivity index (χ1v) is 5.30. The molecule has 0 aliphatic rings. The Hall–Kier alpha value is -0.770. The molecule has 1 rings (SSSR count). The first-order chi connectivity index (χ1) is 6.65. The second-order valence-electron chi connectivity index (χ2n) is 3.16. The molecule has 0 aromatic heterocycles. The van der Waals surface area contributed by atoms with Crippen molar-refractivity contribution in [3.05, 3.63) is 22.2 Å². The molecule has 0 aliphatic carbocycles. The maximum atomic E-state index is 11.9. The number of anilines is 2. The Morgan fingerprint density at radius 2 is 2.21 bits per heavy atom. The summed E-state index contributed by atoms with van der Waals surface area (Å²) in [7, 11) is 0. The second kappa shape index (κ2) is 5.20. The lowest BCUT2D eigenvalue weighted by atomic mass is 10.2. The predicted molar refractivity (Wildman–Crippen MR) is 62.4 cm³/mol. The van der Waals surface area contributed by atoms with Crippen LogP contribution in [-0.4, -0.2) is 13.2 Å². The molecule has 0 fully saturated rings. The van der Waals surface area contributed by atoms with Crippen LogP contribution in [0.25, 0.3) is 0 Å². The highest BCUT2D eigenvalue weighted by atomic mass is 79.9. The zero-order valence-electron chi connectivity index (χ0n) is 8.11. The summed E-state index contributed by atoms with van der Waals surface area (Å²) in [6.07, 6.45) is 0.524. The van der Waals surface area contributed by atoms with Gasteiger partial charge in [0.05, 0.1) is 6.67 Å². The Labute approximate surface area is 91.8 Å². The van der Waals surface area contributed by atoms with Gasteiger partial charge in [-0.15, -0.1) is 0 Å². The molecule has 0 radical (unpaired) electrons. The van der Waals surface area contributed by atoms with Crippen LogP contribution in [0.15, 0.2) is 16.6 Å². The normalized spacial score (nSPS) is 10.2. The number of aryl methyl sites for hydroxylation is 1. The predicted octanol–water partition coefficient (Wildman–Crippen LogP) is 3.11. The van der Waals surface area contributed by atoms with Crippen molar-refractivity contribution in [2.24, 2.45) is 0 Å². The first kappa shape index (κ1) is 11.3. The van der Waals surface area contributed by atoms with Crippen LogP contribution in [-0.2, 0) is 0 Å². The van der Waals surface area contributed by atoms with Crippen molar-refractivity contribution in [1.29, 1.82) is 0 Å². The van der Waals surface area contributed by atoms with Gasteiger partial charge in [0.1, 0.15) is 0 Å². The highest BCUT2D eigenvalue weighted by Gasteiger charge is 2.02. The van der Waals surface area contributed by atoms with Gasteiger partial charge in [0.2, 0.25) is 0 Å². The van der Waals surface area contributed by atoms with Gasteiger partial charge in [0.15, 0.2) is 0 Å². The third-order valence-corrected chi connectivity index (χ3v) is 2.64. The van der Waals surface area contributed by atoms with Crippen LogP contribution in [0.5, 0.6) is 0 Å². The van der Waals surface area contributed by atoms with Crippen molar-refractivity contribution in [2.45, 2.75) is 13.3 Å². The van der Waals surface area contributed by atoms with E-state index in [4.69, 9.17) is 5.73 Å². The molecule has 0 unspecified atom stereocenters. The van der Waals surface area contributed by atoms with Crippen LogP contribution in [0, 0.1) is 6.92 Å². The van der Waals surface area contributed by atoms with Crippen LogP contribution in [0.2, 0.25) is 0 Å². The topological polar surface area (TPSA) is 38.0 Å². The number of halogens is 2. The van der Waals surface area contributed by atoms with Crippen molar-refractivity contribution >= 4 is 27.3 Å². The summed E-state index contributed by atoms with van der Waals surface area (Å²) in [5, 5.41) is 3.14. The fourth-order valence-corrected chi connectivity index (χ4v) is 1.62. The van der Waals surface area contributed by atoms with E-state index < -0.39 is 0 Å². The largest absolute Gasteiger partial charge is 0.398 e. The zero-order chi connectivity index (χ0) is 10.6. The van der Waals surface area contributed by atoms with E-state index in [1.807, 2.05) is 19.1 Å². The van der Waals surface area contributed by atoms with Crippen molar-refractivity contribution in [1.82, 2.24) is 0 Å². The minimum atomic E-state index is -0.293. The van der Waals surface area contributed by atoms with E-state index in [1.165, 1.54) is 0 Å². The van der Waals surface area contributed by atoms with E-state index >= 15 is 0 Å². The van der Waals surface area contributed by atoms with Gasteiger partial charge in [0.25, 0.3) is 0 Å². The first-order valence-electron chi connectivity index (χ1n) is 4.50. The molecule has 0 bridgehead atoms. The van der Waals surface area contributed by atoms with Gasteiger partial charge in [-0.2, -0.15) is 0 Å². The molecule has 78 valence electrons. The molecule has 0 heterocycles. The molecule has 3 N–H and O–H groups in total. The molecule has 2 nitrogen and oxygen atoms in total. The molecule has 0 amide bonds. The second-order valence-corrected chi connectivity index (χ2v) is 4.01. The highest BCUT2D eigenvalue weighted by molar-refractivity contribution is 9.10. The SMILES string of the molecule is Cc1cc(NCCCF)c(Br)cc1N. The summed E-state index contributed by atoms with van der Waals surface area (Å²) in [6.45, 7) is 2.29. The van der Waals surface area contributed by atoms with Gasteiger partial charge >= 0.3 is 0 Å². The van der Waals surface area contributed by atoms with E-state index in [0.29, 0.717) is 13.0 Å². The Morgan fingerprint density at radius 1 is 1.50 bits per heavy atom. The van der Waals surface area contributed by atoms with E-state index in [0.717, 1.165) is 21.4 Å². The molecule has 0 saturated heterocycles. The molecular formula is C10H14BrFN2. The lowest BCUT2D eigenvalue weighted by Gasteiger charge is -2.10. The number of hydrogen-bond donors (Lipinski definition) is 2. The molecule has 1 aromatic carbocycles. The smallest absolute Gasteiger partial charge is 0.0911 e. The number of alkyl halides is 1. The number of benzene rings is 1. The summed E-state index contributed by atoms with van der Waals surface area (Å²) < 4.78 is 12.8. The van der Waals surface area contributed by atoms with Gasteiger partial charge in [-0.3, -0.25) is 4.39 Å². The molecule has 14 heavy (non-hydrogen) atoms. The van der Waals surface area contributed by atoms with E-state index in [1.54, 1.807) is 0 Å². The summed E-state index contributed by atoms with van der Waals surface area (Å²) in [5.41, 5.74) is 8.47. The van der Waals surface area contributed by atoms with Gasteiger partial charge < -0.3 is 11.1 Å². The average Bonchev–Trinajstić information content (AvgIpc) is 2.14. The molecule has 0 aliphatic heterocycles. The Morgan fingerprint density at radius 3 is 2.86 bits per heavy atom. The molecule has 0 atom stereocenters. The monoisotopic (exact) mass is 260 g/mol. The number of rotatable bonds is 4. The van der Waals surface area contributed by atoms with Crippen LogP contribution in [0.1, 0.15) is 12.0 Å². The third kappa shape index (κ3) is 2.87. The summed E-state index contributed by atoms with van der Waals surface area (Å²) in [4.78, 5) is 0. The lowest BCUT2D eigenvalue weighted by Crippen LogP contribution is -2.03. The van der Waals surface area contributed by atoms with Gasteiger partial charge in [-0.1, -0.05) is 0 Å². The summed E-state index contributed by atoms with van der Waals surface area (Å²) in [5.74, 6) is 0. The lowest BCUT2D eigenvalue weighted by molar-refractivity contribution is 0.481. The summed E-state index contributed by atoms with van der Waals surface area (Å²) >= 11 is 3.40. The fraction of sp³-hybridized carbons (Fsp3) is 0.400. The highest BCUT2D eigenvalue weighted by Crippen LogP contribution is 2.27. The van der Waals surface area contributed by atoms with Crippen molar-refractivity contribution in [2.75, 3.05) is 24.3 Å². The van der Waals surface area contributed by atoms with Gasteiger partial charge in [-0.05, 0) is 47.0 Å². The molecule has 0 saturated carbocycles. The van der Waals surface area contributed by atoms with Crippen LogP contribution in [0.3, 0.4) is 0 Å². The number of nitrogens with two attached hydrogens (primary N) is 1. The quantitative estimate of drug-likeness (QED) is 0.645. The zero-order valence-corrected chi connectivity index (χ0v) is 9.70. The van der Waals surface area contributed by atoms with Crippen LogP contribution in [0.4, 0.5) is 15.8 Å². The maximum Gasteiger partial charge on any atom is 0.0911 e. The van der Waals surface area contributed by atoms with Crippen LogP contribution >= 0.6 is 15.9 Å². The van der Waals surface area contributed by atoms with Crippen molar-refractivity contribution < 1.29 is 4.39 Å². The molecular weight excluding hydrogens is 247 g/mol. The van der Waals surface area contributed by atoms with Gasteiger partial charge in [0, 0.05) is 22.4 Å². The summed E-state index contributed by atoms with van der Waals surface area (Å²) in [6, 6.07) is 3.81. The number of hydrogen-bond acceptors (Lipinski definition) is 2. The van der Waals surface area contributed by atoms with E-state index in [2.05, 4.69) is 21.2 Å². The molecule has 1 aromatic rings. The van der Waals surface area contributed by atoms with Crippen LogP contribution < -0.4 is 11.1 Å². The fourth-order valence-electron chi connectivity index (χ4n) is 1.12. The van der Waals surface area contributed by atoms with Crippen molar-refractivity contribution in [3.8, 4) is 0 Å². The van der Waals surface area contributed by atoms with Crippen molar-refractivity contribution in [3.63, 3.8) is 0 Å². The third-order valence-electron chi connectivity index (χ3n) is 1.98. The molecule has 4 heteroatoms. The Balaban J connectivity index is 2.72. The maximum absolute atomic E-state index is 11.9. The Kier molecular flexibility index (Phi) is 4.20. The minimum Gasteiger partial charge on any atom is -0.398 e. The molecule has 0 spiro atoms. The minimum absolute atomic E-state index is 0.293. The van der Waals surface area contributed by atoms with Gasteiger partial charge in [-0.25, -0.2) is 0 Å². The van der Waals surface area contributed by atoms with E-state index in [-0.39, 0.29) is 6.67 Å². The number of nitrogens with one attached hydrogen (secondary N) is 1. The Bertz CT molecular complexity index is 315. The van der Waals surface area contributed by atoms with E-state index in [9.17, 15) is 4.39 Å².